The molecule has 8 heteroatoms. The van der Waals surface area contributed by atoms with E-state index in [4.69, 9.17) is 4.74 Å². The van der Waals surface area contributed by atoms with Crippen LogP contribution >= 0.6 is 0 Å². The first-order valence-electron chi connectivity index (χ1n) is 10.6. The summed E-state index contributed by atoms with van der Waals surface area (Å²) in [6.45, 7) is 3.78. The van der Waals surface area contributed by atoms with E-state index in [-0.39, 0.29) is 24.3 Å². The number of rotatable bonds is 10. The van der Waals surface area contributed by atoms with E-state index in [0.717, 1.165) is 23.8 Å². The van der Waals surface area contributed by atoms with Gasteiger partial charge in [-0.15, -0.1) is 0 Å². The van der Waals surface area contributed by atoms with Crippen LogP contribution in [-0.2, 0) is 26.9 Å². The molecule has 0 heterocycles. The smallest absolute Gasteiger partial charge is 0.416 e. The number of hydrogen-bond acceptors (Lipinski definition) is 4. The summed E-state index contributed by atoms with van der Waals surface area (Å²) in [7, 11) is 1.22. The normalized spacial score (nSPS) is 13.3. The van der Waals surface area contributed by atoms with E-state index in [1.807, 2.05) is 19.9 Å². The molecular weight excluding hydrogens is 435 g/mol. The number of carbonyl (C=O) groups excluding carboxylic acids is 3. The second-order valence-corrected chi connectivity index (χ2v) is 8.31. The van der Waals surface area contributed by atoms with Crippen molar-refractivity contribution in [2.75, 3.05) is 7.11 Å². The highest BCUT2D eigenvalue weighted by atomic mass is 19.4. The fourth-order valence-corrected chi connectivity index (χ4v) is 3.48. The summed E-state index contributed by atoms with van der Waals surface area (Å²) in [6.07, 6.45) is -4.36. The molecule has 0 aromatic heterocycles. The van der Waals surface area contributed by atoms with Crippen LogP contribution < -0.4 is 5.32 Å². The number of esters is 1. The Bertz CT molecular complexity index is 958. The lowest BCUT2D eigenvalue weighted by Gasteiger charge is -2.22. The Hall–Kier alpha value is -3.16. The summed E-state index contributed by atoms with van der Waals surface area (Å²) in [5, 5.41) is 2.67. The van der Waals surface area contributed by atoms with Crippen LogP contribution in [-0.4, -0.2) is 30.8 Å². The second kappa shape index (κ2) is 11.6. The third kappa shape index (κ3) is 8.04. The van der Waals surface area contributed by atoms with Crippen molar-refractivity contribution in [1.29, 1.82) is 0 Å². The first-order chi connectivity index (χ1) is 15.5. The Morgan fingerprint density at radius 2 is 1.67 bits per heavy atom. The third-order valence-corrected chi connectivity index (χ3v) is 5.15. The molecule has 33 heavy (non-hydrogen) atoms. The van der Waals surface area contributed by atoms with Gasteiger partial charge in [0.15, 0.2) is 5.78 Å². The fraction of sp³-hybridized carbons (Fsp3) is 0.400. The van der Waals surface area contributed by atoms with Gasteiger partial charge in [-0.1, -0.05) is 56.3 Å². The molecule has 0 saturated heterocycles. The highest BCUT2D eigenvalue weighted by molar-refractivity contribution is 5.99. The number of hydrogen-bond donors (Lipinski definition) is 1. The number of carbonyl (C=O) groups is 3. The zero-order valence-electron chi connectivity index (χ0n) is 18.8. The lowest BCUT2D eigenvalue weighted by Crippen LogP contribution is -2.45. The number of ether oxygens (including phenoxy) is 1. The van der Waals surface area contributed by atoms with Crippen molar-refractivity contribution in [3.05, 3.63) is 71.3 Å². The van der Waals surface area contributed by atoms with E-state index in [2.05, 4.69) is 5.32 Å². The number of benzene rings is 2. The molecule has 2 atom stereocenters. The number of alkyl halides is 3. The number of ketones is 1. The zero-order valence-corrected chi connectivity index (χ0v) is 18.8. The maximum atomic E-state index is 13.1. The van der Waals surface area contributed by atoms with Crippen molar-refractivity contribution in [3.8, 4) is 0 Å². The summed E-state index contributed by atoms with van der Waals surface area (Å²) in [5.74, 6) is -2.51. The van der Waals surface area contributed by atoms with E-state index < -0.39 is 41.4 Å². The number of Topliss-reactive ketones (excluding diaryl/α,β-unsaturated/α-hetero) is 1. The molecule has 5 nitrogen and oxygen atoms in total. The highest BCUT2D eigenvalue weighted by Gasteiger charge is 2.32. The van der Waals surface area contributed by atoms with Crippen molar-refractivity contribution in [1.82, 2.24) is 5.32 Å². The molecule has 2 aromatic rings. The van der Waals surface area contributed by atoms with Gasteiger partial charge >= 0.3 is 12.1 Å². The molecule has 0 aliphatic rings. The lowest BCUT2D eigenvalue weighted by atomic mass is 9.90. The minimum atomic E-state index is -4.58. The largest absolute Gasteiger partial charge is 0.467 e. The van der Waals surface area contributed by atoms with Crippen molar-refractivity contribution < 1.29 is 32.3 Å². The molecule has 0 aliphatic carbocycles. The van der Waals surface area contributed by atoms with Crippen LogP contribution in [0.3, 0.4) is 0 Å². The van der Waals surface area contributed by atoms with Gasteiger partial charge in [0, 0.05) is 17.9 Å². The van der Waals surface area contributed by atoms with Crippen LogP contribution in [0, 0.1) is 11.8 Å². The Balaban J connectivity index is 2.27. The Morgan fingerprint density at radius 3 is 2.24 bits per heavy atom. The summed E-state index contributed by atoms with van der Waals surface area (Å²) >= 11 is 0. The Labute approximate surface area is 191 Å². The molecule has 0 aliphatic heterocycles. The quantitative estimate of drug-likeness (QED) is 0.404. The van der Waals surface area contributed by atoms with Crippen molar-refractivity contribution in [2.24, 2.45) is 11.8 Å². The minimum Gasteiger partial charge on any atom is -0.467 e. The predicted molar refractivity (Wildman–Crippen MR) is 117 cm³/mol. The summed E-state index contributed by atoms with van der Waals surface area (Å²) in [5.41, 5.74) is -0.268. The first-order valence-corrected chi connectivity index (χ1v) is 10.6. The summed E-state index contributed by atoms with van der Waals surface area (Å²) in [4.78, 5) is 38.1. The first kappa shape index (κ1) is 26.1. The van der Waals surface area contributed by atoms with Gasteiger partial charge in [0.2, 0.25) is 5.91 Å². The van der Waals surface area contributed by atoms with Crippen LogP contribution in [0.2, 0.25) is 0 Å². The van der Waals surface area contributed by atoms with E-state index in [1.165, 1.54) is 13.2 Å². The highest BCUT2D eigenvalue weighted by Crippen LogP contribution is 2.30. The van der Waals surface area contributed by atoms with E-state index in [9.17, 15) is 27.6 Å². The predicted octanol–water partition coefficient (Wildman–Crippen LogP) is 4.84. The molecular formula is C25H28F3NO4. The topological polar surface area (TPSA) is 72.5 Å². The van der Waals surface area contributed by atoms with Gasteiger partial charge in [0.1, 0.15) is 6.04 Å². The number of methoxy groups -OCH3 is 1. The van der Waals surface area contributed by atoms with Gasteiger partial charge in [-0.3, -0.25) is 9.59 Å². The lowest BCUT2D eigenvalue weighted by molar-refractivity contribution is -0.146. The van der Waals surface area contributed by atoms with Crippen molar-refractivity contribution in [3.63, 3.8) is 0 Å². The summed E-state index contributed by atoms with van der Waals surface area (Å²) in [6, 6.07) is 12.2. The average molecular weight is 463 g/mol. The number of halogens is 3. The van der Waals surface area contributed by atoms with Gasteiger partial charge in [0.25, 0.3) is 0 Å². The number of nitrogens with one attached hydrogen (secondary N) is 1. The average Bonchev–Trinajstić information content (AvgIpc) is 2.77. The minimum absolute atomic E-state index is 0.0914. The van der Waals surface area contributed by atoms with Gasteiger partial charge in [0.05, 0.1) is 12.7 Å². The maximum absolute atomic E-state index is 13.1. The molecule has 0 fully saturated rings. The third-order valence-electron chi connectivity index (χ3n) is 5.15. The molecule has 178 valence electrons. The van der Waals surface area contributed by atoms with E-state index in [1.54, 1.807) is 24.3 Å². The standard InChI is InChI=1S/C25H28F3NO4/c1-16(2)12-21(24(32)33-3)29-23(31)19(13-17-8-5-4-6-9-17)15-22(30)18-10-7-11-20(14-18)25(26,27)28/h4-11,14,16,19,21H,12-13,15H2,1-3H3,(H,29,31)/t19?,21-/m0/s1. The monoisotopic (exact) mass is 463 g/mol. The maximum Gasteiger partial charge on any atom is 0.416 e. The van der Waals surface area contributed by atoms with Crippen LogP contribution in [0.25, 0.3) is 0 Å². The summed E-state index contributed by atoms with van der Waals surface area (Å²) < 4.78 is 43.9. The molecule has 0 saturated carbocycles. The SMILES string of the molecule is COC(=O)[C@H](CC(C)C)NC(=O)C(CC(=O)c1cccc(C(F)(F)F)c1)Cc1ccccc1. The van der Waals surface area contributed by atoms with Crippen molar-refractivity contribution >= 4 is 17.7 Å². The molecule has 0 spiro atoms. The number of amides is 1. The van der Waals surface area contributed by atoms with Gasteiger partial charge < -0.3 is 10.1 Å². The van der Waals surface area contributed by atoms with Crippen LogP contribution in [0.15, 0.2) is 54.6 Å². The van der Waals surface area contributed by atoms with Crippen LogP contribution in [0.5, 0.6) is 0 Å². The molecule has 2 aromatic carbocycles. The molecule has 1 N–H and O–H groups in total. The molecule has 1 amide bonds. The molecule has 0 bridgehead atoms. The van der Waals surface area contributed by atoms with Gasteiger partial charge in [-0.2, -0.15) is 13.2 Å². The molecule has 0 radical (unpaired) electrons. The fourth-order valence-electron chi connectivity index (χ4n) is 3.48. The van der Waals surface area contributed by atoms with Crippen LogP contribution in [0.4, 0.5) is 13.2 Å². The Morgan fingerprint density at radius 1 is 1.00 bits per heavy atom. The van der Waals surface area contributed by atoms with Gasteiger partial charge in [-0.25, -0.2) is 4.79 Å². The molecule has 1 unspecified atom stereocenters. The van der Waals surface area contributed by atoms with Crippen LogP contribution in [0.1, 0.15) is 48.2 Å². The molecule has 2 rings (SSSR count). The van der Waals surface area contributed by atoms with Gasteiger partial charge in [-0.05, 0) is 36.5 Å². The second-order valence-electron chi connectivity index (χ2n) is 8.31. The van der Waals surface area contributed by atoms with E-state index >= 15 is 0 Å². The Kier molecular flexibility index (Phi) is 9.20. The zero-order chi connectivity index (χ0) is 24.6. The van der Waals surface area contributed by atoms with Crippen molar-refractivity contribution in [2.45, 2.75) is 45.3 Å². The van der Waals surface area contributed by atoms with E-state index in [0.29, 0.717) is 6.42 Å².